The summed E-state index contributed by atoms with van der Waals surface area (Å²) in [4.78, 5) is 19.6. The van der Waals surface area contributed by atoms with E-state index < -0.39 is 0 Å². The summed E-state index contributed by atoms with van der Waals surface area (Å²) < 4.78 is 0. The molecule has 17 heavy (non-hydrogen) atoms. The van der Waals surface area contributed by atoms with E-state index in [0.717, 1.165) is 0 Å². The van der Waals surface area contributed by atoms with Crippen LogP contribution in [0.15, 0.2) is 12.4 Å². The van der Waals surface area contributed by atoms with Crippen LogP contribution in [0.3, 0.4) is 0 Å². The number of hydrogen-bond acceptors (Lipinski definition) is 3. The molecule has 1 aromatic rings. The van der Waals surface area contributed by atoms with Gasteiger partial charge in [0, 0.05) is 18.8 Å². The lowest BCUT2D eigenvalue weighted by Crippen LogP contribution is -2.24. The zero-order chi connectivity index (χ0) is 13.1. The summed E-state index contributed by atoms with van der Waals surface area (Å²) in [5.41, 5.74) is 0.101. The highest BCUT2D eigenvalue weighted by Crippen LogP contribution is 2.28. The maximum atomic E-state index is 11.8. The molecule has 94 valence electrons. The van der Waals surface area contributed by atoms with Gasteiger partial charge in [-0.1, -0.05) is 39.3 Å². The lowest BCUT2D eigenvalue weighted by Gasteiger charge is -2.26. The highest BCUT2D eigenvalue weighted by Gasteiger charge is 2.22. The van der Waals surface area contributed by atoms with E-state index >= 15 is 0 Å². The molecule has 0 spiro atoms. The Morgan fingerprint density at radius 3 is 2.53 bits per heavy atom. The van der Waals surface area contributed by atoms with Crippen molar-refractivity contribution in [2.24, 2.45) is 11.3 Å². The topological polar surface area (TPSA) is 54.9 Å². The Morgan fingerprint density at radius 1 is 1.41 bits per heavy atom. The fourth-order valence-corrected chi connectivity index (χ4v) is 1.32. The van der Waals surface area contributed by atoms with Gasteiger partial charge in [0.05, 0.1) is 0 Å². The van der Waals surface area contributed by atoms with Crippen molar-refractivity contribution in [2.75, 3.05) is 5.32 Å². The Bertz CT molecular complexity index is 401. The Morgan fingerprint density at radius 2 is 2.00 bits per heavy atom. The highest BCUT2D eigenvalue weighted by molar-refractivity contribution is 6.32. The second-order valence-corrected chi connectivity index (χ2v) is 5.57. The van der Waals surface area contributed by atoms with Gasteiger partial charge < -0.3 is 5.32 Å². The predicted octanol–water partition coefficient (Wildman–Crippen LogP) is 3.14. The van der Waals surface area contributed by atoms with E-state index in [4.69, 9.17) is 11.6 Å². The van der Waals surface area contributed by atoms with E-state index in [2.05, 4.69) is 43.0 Å². The molecule has 0 saturated heterocycles. The number of aromatic nitrogens is 2. The summed E-state index contributed by atoms with van der Waals surface area (Å²) in [5.74, 6) is 0.507. The van der Waals surface area contributed by atoms with Gasteiger partial charge in [0.15, 0.2) is 11.0 Å². The van der Waals surface area contributed by atoms with E-state index in [-0.39, 0.29) is 22.4 Å². The van der Waals surface area contributed by atoms with Gasteiger partial charge in [-0.05, 0) is 11.3 Å². The van der Waals surface area contributed by atoms with Crippen molar-refractivity contribution in [1.29, 1.82) is 0 Å². The van der Waals surface area contributed by atoms with Crippen molar-refractivity contribution >= 4 is 23.3 Å². The molecule has 1 rings (SSSR count). The van der Waals surface area contributed by atoms with Gasteiger partial charge in [-0.25, -0.2) is 9.97 Å². The molecule has 0 aliphatic carbocycles. The first-order valence-electron chi connectivity index (χ1n) is 5.57. The molecule has 1 unspecified atom stereocenters. The van der Waals surface area contributed by atoms with Crippen LogP contribution in [0.25, 0.3) is 0 Å². The fraction of sp³-hybridized carbons (Fsp3) is 0.583. The van der Waals surface area contributed by atoms with Gasteiger partial charge in [-0.15, -0.1) is 0 Å². The van der Waals surface area contributed by atoms with Crippen molar-refractivity contribution in [2.45, 2.75) is 34.1 Å². The number of amides is 1. The first-order valence-corrected chi connectivity index (χ1v) is 5.95. The molecule has 0 bridgehead atoms. The van der Waals surface area contributed by atoms with E-state index in [1.165, 1.54) is 12.4 Å². The molecule has 1 heterocycles. The van der Waals surface area contributed by atoms with Crippen molar-refractivity contribution < 1.29 is 4.79 Å². The fourth-order valence-electron chi connectivity index (χ4n) is 1.17. The largest absolute Gasteiger partial charge is 0.308 e. The van der Waals surface area contributed by atoms with Gasteiger partial charge in [-0.2, -0.15) is 0 Å². The van der Waals surface area contributed by atoms with Gasteiger partial charge in [0.1, 0.15) is 0 Å². The summed E-state index contributed by atoms with van der Waals surface area (Å²) in [5, 5.41) is 2.88. The molecule has 1 aromatic heterocycles. The van der Waals surface area contributed by atoms with Gasteiger partial charge in [0.25, 0.3) is 0 Å². The first-order chi connectivity index (χ1) is 7.80. The zero-order valence-corrected chi connectivity index (χ0v) is 11.4. The number of nitrogens with zero attached hydrogens (tertiary/aromatic N) is 2. The third kappa shape index (κ3) is 4.30. The molecule has 0 saturated carbocycles. The summed E-state index contributed by atoms with van der Waals surface area (Å²) in [7, 11) is 0. The van der Waals surface area contributed by atoms with Crippen LogP contribution in [-0.4, -0.2) is 15.9 Å². The molecule has 1 atom stereocenters. The normalized spacial score (nSPS) is 13.2. The number of carbonyl (C=O) groups excluding carboxylic acids is 1. The van der Waals surface area contributed by atoms with Gasteiger partial charge in [0.2, 0.25) is 5.91 Å². The summed E-state index contributed by atoms with van der Waals surface area (Å²) in [6, 6.07) is 0. The molecule has 0 radical (unpaired) electrons. The Labute approximate surface area is 107 Å². The number of halogens is 1. The second-order valence-electron chi connectivity index (χ2n) is 5.22. The van der Waals surface area contributed by atoms with Gasteiger partial charge in [-0.3, -0.25) is 4.79 Å². The molecule has 5 heteroatoms. The van der Waals surface area contributed by atoms with Crippen LogP contribution in [0.2, 0.25) is 5.15 Å². The molecular weight excluding hydrogens is 238 g/mol. The second kappa shape index (κ2) is 5.45. The molecule has 4 nitrogen and oxygen atoms in total. The van der Waals surface area contributed by atoms with Crippen LogP contribution in [0.4, 0.5) is 5.82 Å². The summed E-state index contributed by atoms with van der Waals surface area (Å²) in [6.07, 6.45) is 3.42. The monoisotopic (exact) mass is 255 g/mol. The lowest BCUT2D eigenvalue weighted by atomic mass is 9.80. The zero-order valence-electron chi connectivity index (χ0n) is 10.6. The van der Waals surface area contributed by atoms with Gasteiger partial charge >= 0.3 is 0 Å². The minimum absolute atomic E-state index is 0.0881. The molecule has 0 aromatic carbocycles. The Hall–Kier alpha value is -1.16. The molecular formula is C12H18ClN3O. The first kappa shape index (κ1) is 13.9. The number of nitrogens with one attached hydrogen (secondary N) is 1. The van der Waals surface area contributed by atoms with Crippen LogP contribution in [0, 0.1) is 11.3 Å². The maximum absolute atomic E-state index is 11.8. The standard InChI is InChI=1S/C12H18ClN3O/c1-8(12(2,3)4)7-9(17)16-11-10(13)14-5-6-15-11/h5-6,8H,7H2,1-4H3,(H,15,16,17). The van der Waals surface area contributed by atoms with Crippen molar-refractivity contribution in [3.8, 4) is 0 Å². The number of carbonyl (C=O) groups is 1. The van der Waals surface area contributed by atoms with Crippen LogP contribution in [0.1, 0.15) is 34.1 Å². The highest BCUT2D eigenvalue weighted by atomic mass is 35.5. The Balaban J connectivity index is 2.60. The molecule has 0 fully saturated rings. The number of anilines is 1. The molecule has 0 aliphatic heterocycles. The predicted molar refractivity (Wildman–Crippen MR) is 68.9 cm³/mol. The quantitative estimate of drug-likeness (QED) is 0.903. The SMILES string of the molecule is CC(CC(=O)Nc1nccnc1Cl)C(C)(C)C. The minimum atomic E-state index is -0.0881. The van der Waals surface area contributed by atoms with Crippen LogP contribution in [-0.2, 0) is 4.79 Å². The van der Waals surface area contributed by atoms with Crippen LogP contribution < -0.4 is 5.32 Å². The van der Waals surface area contributed by atoms with E-state index in [1.54, 1.807) is 0 Å². The van der Waals surface area contributed by atoms with E-state index in [0.29, 0.717) is 12.2 Å². The number of rotatable bonds is 3. The molecule has 1 N–H and O–H groups in total. The van der Waals surface area contributed by atoms with Crippen LogP contribution in [0.5, 0.6) is 0 Å². The molecule has 1 amide bonds. The lowest BCUT2D eigenvalue weighted by molar-refractivity contribution is -0.117. The van der Waals surface area contributed by atoms with Crippen molar-refractivity contribution in [3.05, 3.63) is 17.5 Å². The Kier molecular flexibility index (Phi) is 4.46. The average molecular weight is 256 g/mol. The minimum Gasteiger partial charge on any atom is -0.308 e. The third-order valence-electron chi connectivity index (χ3n) is 2.88. The maximum Gasteiger partial charge on any atom is 0.225 e. The average Bonchev–Trinajstić information content (AvgIpc) is 2.20. The smallest absolute Gasteiger partial charge is 0.225 e. The summed E-state index contributed by atoms with van der Waals surface area (Å²) >= 11 is 5.81. The van der Waals surface area contributed by atoms with Crippen molar-refractivity contribution in [3.63, 3.8) is 0 Å². The summed E-state index contributed by atoms with van der Waals surface area (Å²) in [6.45, 7) is 8.39. The molecule has 0 aliphatic rings. The van der Waals surface area contributed by atoms with E-state index in [9.17, 15) is 4.79 Å². The van der Waals surface area contributed by atoms with Crippen LogP contribution >= 0.6 is 11.6 Å². The third-order valence-corrected chi connectivity index (χ3v) is 3.16. The van der Waals surface area contributed by atoms with Crippen molar-refractivity contribution in [1.82, 2.24) is 9.97 Å². The number of hydrogen-bond donors (Lipinski definition) is 1. The van der Waals surface area contributed by atoms with E-state index in [1.807, 2.05) is 0 Å².